The van der Waals surface area contributed by atoms with Crippen LogP contribution in [0.2, 0.25) is 18.1 Å². The molecule has 1 aromatic rings. The highest BCUT2D eigenvalue weighted by Gasteiger charge is 2.44. The molecule has 0 saturated carbocycles. The van der Waals surface area contributed by atoms with E-state index < -0.39 is 38.0 Å². The van der Waals surface area contributed by atoms with Gasteiger partial charge in [0.1, 0.15) is 11.9 Å². The number of hydrogen-bond donors (Lipinski definition) is 1. The van der Waals surface area contributed by atoms with Gasteiger partial charge in [-0.1, -0.05) is 20.8 Å². The molecule has 0 aromatic heterocycles. The number of ether oxygens (including phenoxy) is 2. The van der Waals surface area contributed by atoms with Crippen molar-refractivity contribution in [2.24, 2.45) is 0 Å². The zero-order valence-corrected chi connectivity index (χ0v) is 18.4. The first-order chi connectivity index (χ1) is 13.2. The third-order valence-electron chi connectivity index (χ3n) is 5.41. The molecular weight excluding hydrogens is 404 g/mol. The Morgan fingerprint density at radius 3 is 2.48 bits per heavy atom. The van der Waals surface area contributed by atoms with E-state index in [9.17, 15) is 18.4 Å². The molecule has 1 aromatic carbocycles. The molecule has 7 nitrogen and oxygen atoms in total. The van der Waals surface area contributed by atoms with Crippen LogP contribution in [0.3, 0.4) is 0 Å². The van der Waals surface area contributed by atoms with Gasteiger partial charge in [-0.3, -0.25) is 4.90 Å². The highest BCUT2D eigenvalue weighted by Crippen LogP contribution is 2.39. The van der Waals surface area contributed by atoms with E-state index in [1.807, 2.05) is 0 Å². The van der Waals surface area contributed by atoms with Crippen molar-refractivity contribution >= 4 is 26.1 Å². The highest BCUT2D eigenvalue weighted by atomic mass is 28.4. The Kier molecular flexibility index (Phi) is 6.29. The Morgan fingerprint density at radius 1 is 1.34 bits per heavy atom. The van der Waals surface area contributed by atoms with E-state index >= 15 is 0 Å². The SMILES string of the molecule is COc1cc(N2CC(CO[Si](C)(C)C(C)(C)C)OC2=O)ccc1C(F)(F)C(=O)O. The van der Waals surface area contributed by atoms with Gasteiger partial charge in [-0.15, -0.1) is 0 Å². The number of nitrogens with zero attached hydrogens (tertiary/aromatic N) is 1. The van der Waals surface area contributed by atoms with E-state index in [2.05, 4.69) is 33.9 Å². The van der Waals surface area contributed by atoms with Gasteiger partial charge in [0.15, 0.2) is 8.32 Å². The number of methoxy groups -OCH3 is 1. The Balaban J connectivity index is 2.17. The Morgan fingerprint density at radius 2 is 1.97 bits per heavy atom. The molecule has 162 valence electrons. The maximum Gasteiger partial charge on any atom is 0.414 e. The lowest BCUT2D eigenvalue weighted by Gasteiger charge is -2.36. The topological polar surface area (TPSA) is 85.3 Å². The van der Waals surface area contributed by atoms with Gasteiger partial charge in [-0.05, 0) is 30.3 Å². The van der Waals surface area contributed by atoms with Crippen LogP contribution in [0.1, 0.15) is 26.3 Å². The summed E-state index contributed by atoms with van der Waals surface area (Å²) >= 11 is 0. The van der Waals surface area contributed by atoms with Crippen LogP contribution in [0.25, 0.3) is 0 Å². The molecule has 2 rings (SSSR count). The van der Waals surface area contributed by atoms with Crippen LogP contribution in [-0.4, -0.2) is 51.9 Å². The van der Waals surface area contributed by atoms with E-state index in [0.717, 1.165) is 13.2 Å². The van der Waals surface area contributed by atoms with Crippen molar-refractivity contribution in [2.45, 2.75) is 50.9 Å². The minimum atomic E-state index is -4.12. The largest absolute Gasteiger partial charge is 0.496 e. The molecule has 10 heteroatoms. The van der Waals surface area contributed by atoms with Gasteiger partial charge in [0.25, 0.3) is 0 Å². The molecule has 1 atom stereocenters. The quantitative estimate of drug-likeness (QED) is 0.651. The molecule has 1 saturated heterocycles. The van der Waals surface area contributed by atoms with Crippen LogP contribution in [0.5, 0.6) is 5.75 Å². The summed E-state index contributed by atoms with van der Waals surface area (Å²) in [5, 5.41) is 8.76. The van der Waals surface area contributed by atoms with Gasteiger partial charge in [-0.2, -0.15) is 8.78 Å². The first-order valence-corrected chi connectivity index (χ1v) is 12.0. The number of benzene rings is 1. The summed E-state index contributed by atoms with van der Waals surface area (Å²) in [5.41, 5.74) is -0.520. The lowest BCUT2D eigenvalue weighted by atomic mass is 10.1. The fourth-order valence-electron chi connectivity index (χ4n) is 2.56. The third kappa shape index (κ3) is 4.69. The predicted octanol–water partition coefficient (Wildman–Crippen LogP) is 4.22. The molecule has 1 aliphatic heterocycles. The van der Waals surface area contributed by atoms with Crippen molar-refractivity contribution < 1.29 is 37.4 Å². The summed E-state index contributed by atoms with van der Waals surface area (Å²) < 4.78 is 44.1. The van der Waals surface area contributed by atoms with E-state index in [0.29, 0.717) is 0 Å². The van der Waals surface area contributed by atoms with Crippen molar-refractivity contribution in [1.82, 2.24) is 0 Å². The second-order valence-electron chi connectivity index (χ2n) is 8.45. The van der Waals surface area contributed by atoms with Gasteiger partial charge >= 0.3 is 18.0 Å². The van der Waals surface area contributed by atoms with E-state index in [-0.39, 0.29) is 29.6 Å². The fraction of sp³-hybridized carbons (Fsp3) is 0.579. The Hall–Kier alpha value is -2.20. The molecule has 1 N–H and O–H groups in total. The minimum Gasteiger partial charge on any atom is -0.496 e. The van der Waals surface area contributed by atoms with E-state index in [4.69, 9.17) is 19.0 Å². The predicted molar refractivity (Wildman–Crippen MR) is 105 cm³/mol. The molecule has 29 heavy (non-hydrogen) atoms. The van der Waals surface area contributed by atoms with Crippen LogP contribution in [0.4, 0.5) is 19.3 Å². The van der Waals surface area contributed by atoms with Gasteiger partial charge in [0.05, 0.1) is 31.5 Å². The minimum absolute atomic E-state index is 0.00781. The molecule has 1 amide bonds. The first kappa shape index (κ1) is 23.1. The smallest absolute Gasteiger partial charge is 0.414 e. The van der Waals surface area contributed by atoms with Crippen molar-refractivity contribution in [2.75, 3.05) is 25.2 Å². The monoisotopic (exact) mass is 431 g/mol. The summed E-state index contributed by atoms with van der Waals surface area (Å²) in [5.74, 6) is -6.73. The standard InChI is InChI=1S/C19H27F2NO6Si/c1-18(2,3)29(5,6)27-11-13-10-22(17(25)28-13)12-7-8-14(15(9-12)26-4)19(20,21)16(23)24/h7-9,13H,10-11H2,1-6H3,(H,23,24). The molecule has 0 spiro atoms. The van der Waals surface area contributed by atoms with Gasteiger partial charge < -0.3 is 19.0 Å². The normalized spacial score (nSPS) is 18.0. The molecule has 1 aliphatic rings. The zero-order chi connectivity index (χ0) is 22.2. The summed E-state index contributed by atoms with van der Waals surface area (Å²) in [4.78, 5) is 24.4. The molecule has 1 heterocycles. The number of carbonyl (C=O) groups excluding carboxylic acids is 1. The third-order valence-corrected chi connectivity index (χ3v) is 9.91. The second-order valence-corrected chi connectivity index (χ2v) is 13.3. The molecular formula is C19H27F2NO6Si. The number of halogens is 2. The Labute approximate surface area is 169 Å². The number of rotatable bonds is 7. The van der Waals surface area contributed by atoms with Gasteiger partial charge in [0.2, 0.25) is 0 Å². The van der Waals surface area contributed by atoms with Crippen LogP contribution in [0, 0.1) is 0 Å². The summed E-state index contributed by atoms with van der Waals surface area (Å²) in [6, 6.07) is 3.38. The number of anilines is 1. The van der Waals surface area contributed by atoms with Crippen molar-refractivity contribution in [3.63, 3.8) is 0 Å². The lowest BCUT2D eigenvalue weighted by Crippen LogP contribution is -2.43. The second kappa shape index (κ2) is 7.90. The van der Waals surface area contributed by atoms with Crippen LogP contribution >= 0.6 is 0 Å². The number of aliphatic carboxylic acids is 1. The maximum absolute atomic E-state index is 13.9. The summed E-state index contributed by atoms with van der Waals surface area (Å²) in [6.07, 6.45) is -1.13. The van der Waals surface area contributed by atoms with Gasteiger partial charge in [0, 0.05) is 6.07 Å². The van der Waals surface area contributed by atoms with Crippen molar-refractivity contribution in [3.8, 4) is 5.75 Å². The average molecular weight is 432 g/mol. The van der Waals surface area contributed by atoms with Crippen molar-refractivity contribution in [1.29, 1.82) is 0 Å². The number of amides is 1. The van der Waals surface area contributed by atoms with Gasteiger partial charge in [-0.25, -0.2) is 9.59 Å². The van der Waals surface area contributed by atoms with Crippen LogP contribution < -0.4 is 9.64 Å². The summed E-state index contributed by atoms with van der Waals surface area (Å²) in [6.45, 7) is 10.9. The fourth-order valence-corrected chi connectivity index (χ4v) is 3.59. The Bertz CT molecular complexity index is 793. The highest BCUT2D eigenvalue weighted by molar-refractivity contribution is 6.74. The van der Waals surface area contributed by atoms with E-state index in [1.165, 1.54) is 17.0 Å². The average Bonchev–Trinajstić information content (AvgIpc) is 2.99. The number of cyclic esters (lactones) is 1. The van der Waals surface area contributed by atoms with Crippen molar-refractivity contribution in [3.05, 3.63) is 23.8 Å². The lowest BCUT2D eigenvalue weighted by molar-refractivity contribution is -0.166. The van der Waals surface area contributed by atoms with Crippen LogP contribution in [-0.2, 0) is 19.9 Å². The number of carbonyl (C=O) groups is 2. The number of carboxylic acids is 1. The molecule has 0 aliphatic carbocycles. The maximum atomic E-state index is 13.9. The van der Waals surface area contributed by atoms with E-state index in [1.54, 1.807) is 0 Å². The first-order valence-electron chi connectivity index (χ1n) is 9.12. The number of alkyl halides is 2. The molecule has 0 bridgehead atoms. The molecule has 1 unspecified atom stereocenters. The zero-order valence-electron chi connectivity index (χ0n) is 17.4. The summed E-state index contributed by atoms with van der Waals surface area (Å²) in [7, 11) is -0.867. The molecule has 1 fully saturated rings. The molecule has 0 radical (unpaired) electrons. The van der Waals surface area contributed by atoms with Crippen LogP contribution in [0.15, 0.2) is 18.2 Å². The number of carboxylic acid groups (broad SMARTS) is 1. The number of hydrogen-bond acceptors (Lipinski definition) is 5.